The maximum Gasteiger partial charge on any atom is 0.331 e. The number of H-pyrrole nitrogens is 1. The highest BCUT2D eigenvalue weighted by Gasteiger charge is 2.17. The van der Waals surface area contributed by atoms with Crippen LogP contribution in [0.1, 0.15) is 0 Å². The average Bonchev–Trinajstić information content (AvgIpc) is 2.36. The number of nitrogens with one attached hydrogen (secondary N) is 1. The Morgan fingerprint density at radius 2 is 2.05 bits per heavy atom. The van der Waals surface area contributed by atoms with Crippen molar-refractivity contribution in [3.63, 3.8) is 0 Å². The molecule has 0 fully saturated rings. The van der Waals surface area contributed by atoms with Crippen molar-refractivity contribution in [2.24, 2.45) is 0 Å². The molecule has 0 aliphatic heterocycles. The largest absolute Gasteiger partial charge is 0.494 e. The molecular weight excluding hydrogens is 268 g/mol. The van der Waals surface area contributed by atoms with Crippen LogP contribution >= 0.6 is 11.6 Å². The number of aromatic hydroxyl groups is 1. The fraction of sp³-hybridized carbons (Fsp3) is 0.0769. The fourth-order valence-corrected chi connectivity index (χ4v) is 2.00. The zero-order chi connectivity index (χ0) is 14.0. The molecule has 0 saturated carbocycles. The predicted molar refractivity (Wildman–Crippen MR) is 73.6 cm³/mol. The summed E-state index contributed by atoms with van der Waals surface area (Å²) in [7, 11) is 0. The van der Waals surface area contributed by atoms with E-state index in [1.54, 1.807) is 24.3 Å². The van der Waals surface area contributed by atoms with Gasteiger partial charge in [-0.25, -0.2) is 4.79 Å². The van der Waals surface area contributed by atoms with Crippen LogP contribution in [0.2, 0.25) is 5.02 Å². The Kier molecular flexibility index (Phi) is 3.57. The van der Waals surface area contributed by atoms with Crippen molar-refractivity contribution in [1.82, 2.24) is 9.55 Å². The second kappa shape index (κ2) is 5.16. The van der Waals surface area contributed by atoms with Gasteiger partial charge in [-0.15, -0.1) is 6.58 Å². The van der Waals surface area contributed by atoms with E-state index in [9.17, 15) is 14.7 Å². The summed E-state index contributed by atoms with van der Waals surface area (Å²) in [5.41, 5.74) is -1.05. The third kappa shape index (κ3) is 2.32. The van der Waals surface area contributed by atoms with Crippen LogP contribution in [-0.2, 0) is 6.54 Å². The Balaban J connectivity index is 2.82. The minimum atomic E-state index is -0.696. The Hall–Kier alpha value is -2.27. The summed E-state index contributed by atoms with van der Waals surface area (Å²) < 4.78 is 1.01. The molecule has 2 aromatic rings. The van der Waals surface area contributed by atoms with Gasteiger partial charge in [0.05, 0.1) is 0 Å². The summed E-state index contributed by atoms with van der Waals surface area (Å²) >= 11 is 6.00. The number of rotatable bonds is 3. The second-order valence-corrected chi connectivity index (χ2v) is 4.24. The van der Waals surface area contributed by atoms with E-state index in [-0.39, 0.29) is 12.1 Å². The van der Waals surface area contributed by atoms with Gasteiger partial charge in [-0.05, 0) is 6.07 Å². The van der Waals surface area contributed by atoms with Gasteiger partial charge in [-0.3, -0.25) is 14.3 Å². The van der Waals surface area contributed by atoms with Gasteiger partial charge in [-0.1, -0.05) is 35.9 Å². The molecule has 0 aliphatic rings. The number of aromatic amines is 1. The monoisotopic (exact) mass is 278 g/mol. The van der Waals surface area contributed by atoms with Gasteiger partial charge in [0.2, 0.25) is 5.88 Å². The molecule has 0 radical (unpaired) electrons. The molecule has 1 aromatic carbocycles. The number of benzene rings is 1. The van der Waals surface area contributed by atoms with Crippen molar-refractivity contribution in [1.29, 1.82) is 0 Å². The van der Waals surface area contributed by atoms with Gasteiger partial charge in [-0.2, -0.15) is 0 Å². The van der Waals surface area contributed by atoms with Crippen LogP contribution in [0.5, 0.6) is 5.88 Å². The van der Waals surface area contributed by atoms with Crippen LogP contribution in [-0.4, -0.2) is 14.7 Å². The first kappa shape index (κ1) is 13.2. The third-order valence-corrected chi connectivity index (χ3v) is 2.96. The highest BCUT2D eigenvalue weighted by Crippen LogP contribution is 2.30. The van der Waals surface area contributed by atoms with Crippen LogP contribution in [0, 0.1) is 0 Å². The number of hydrogen-bond donors (Lipinski definition) is 2. The fourth-order valence-electron chi connectivity index (χ4n) is 1.76. The number of hydrogen-bond acceptors (Lipinski definition) is 3. The predicted octanol–water partition coefficient (Wildman–Crippen LogP) is 1.75. The molecule has 1 heterocycles. The maximum absolute atomic E-state index is 11.9. The molecular formula is C13H11ClN2O3. The lowest BCUT2D eigenvalue weighted by molar-refractivity contribution is 0.413. The van der Waals surface area contributed by atoms with Crippen LogP contribution < -0.4 is 11.2 Å². The summed E-state index contributed by atoms with van der Waals surface area (Å²) in [5, 5.41) is 10.4. The smallest absolute Gasteiger partial charge is 0.331 e. The summed E-state index contributed by atoms with van der Waals surface area (Å²) in [6, 6.07) is 6.58. The quantitative estimate of drug-likeness (QED) is 0.840. The van der Waals surface area contributed by atoms with Gasteiger partial charge in [0, 0.05) is 17.1 Å². The molecule has 0 aliphatic carbocycles. The van der Waals surface area contributed by atoms with E-state index < -0.39 is 17.1 Å². The average molecular weight is 279 g/mol. The number of allylic oxidation sites excluding steroid dienone is 1. The molecule has 0 spiro atoms. The van der Waals surface area contributed by atoms with E-state index in [4.69, 9.17) is 11.6 Å². The van der Waals surface area contributed by atoms with Crippen molar-refractivity contribution in [2.75, 3.05) is 0 Å². The molecule has 2 rings (SSSR count). The summed E-state index contributed by atoms with van der Waals surface area (Å²) in [4.78, 5) is 25.6. The Labute approximate surface area is 113 Å². The van der Waals surface area contributed by atoms with Crippen LogP contribution in [0.4, 0.5) is 0 Å². The number of nitrogens with zero attached hydrogens (tertiary/aromatic N) is 1. The molecule has 19 heavy (non-hydrogen) atoms. The molecule has 2 N–H and O–H groups in total. The van der Waals surface area contributed by atoms with Crippen LogP contribution in [0.15, 0.2) is 46.5 Å². The molecule has 1 aromatic heterocycles. The molecule has 0 saturated heterocycles. The Morgan fingerprint density at radius 1 is 1.37 bits per heavy atom. The molecule has 98 valence electrons. The molecule has 0 amide bonds. The number of halogens is 1. The molecule has 0 unspecified atom stereocenters. The zero-order valence-corrected chi connectivity index (χ0v) is 10.6. The van der Waals surface area contributed by atoms with E-state index in [2.05, 4.69) is 11.6 Å². The third-order valence-electron chi connectivity index (χ3n) is 2.63. The summed E-state index contributed by atoms with van der Waals surface area (Å²) in [6.07, 6.45) is 1.44. The summed E-state index contributed by atoms with van der Waals surface area (Å²) in [5.74, 6) is -0.429. The van der Waals surface area contributed by atoms with Gasteiger partial charge >= 0.3 is 5.69 Å². The van der Waals surface area contributed by atoms with Crippen molar-refractivity contribution >= 4 is 11.6 Å². The Bertz CT molecular complexity index is 746. The van der Waals surface area contributed by atoms with E-state index >= 15 is 0 Å². The molecule has 5 nitrogen and oxygen atoms in total. The van der Waals surface area contributed by atoms with Crippen molar-refractivity contribution in [2.45, 2.75) is 6.54 Å². The van der Waals surface area contributed by atoms with E-state index in [1.165, 1.54) is 6.08 Å². The van der Waals surface area contributed by atoms with Crippen molar-refractivity contribution < 1.29 is 5.11 Å². The van der Waals surface area contributed by atoms with E-state index in [0.717, 1.165) is 4.57 Å². The van der Waals surface area contributed by atoms with Crippen molar-refractivity contribution in [3.8, 4) is 17.0 Å². The lowest BCUT2D eigenvalue weighted by Crippen LogP contribution is -2.30. The van der Waals surface area contributed by atoms with E-state index in [1.807, 2.05) is 0 Å². The van der Waals surface area contributed by atoms with Crippen LogP contribution in [0.25, 0.3) is 11.1 Å². The first-order valence-corrected chi connectivity index (χ1v) is 5.86. The Morgan fingerprint density at radius 3 is 2.68 bits per heavy atom. The van der Waals surface area contributed by atoms with Gasteiger partial charge in [0.1, 0.15) is 5.56 Å². The first-order chi connectivity index (χ1) is 9.06. The zero-order valence-electron chi connectivity index (χ0n) is 9.89. The van der Waals surface area contributed by atoms with Crippen LogP contribution in [0.3, 0.4) is 0 Å². The number of aromatic nitrogens is 2. The topological polar surface area (TPSA) is 75.1 Å². The lowest BCUT2D eigenvalue weighted by atomic mass is 10.1. The van der Waals surface area contributed by atoms with Gasteiger partial charge in [0.25, 0.3) is 5.56 Å². The highest BCUT2D eigenvalue weighted by molar-refractivity contribution is 6.33. The normalized spacial score (nSPS) is 10.4. The molecule has 0 bridgehead atoms. The SMILES string of the molecule is C=CCn1c(O)c(-c2ccccc2Cl)c(=O)[nH]c1=O. The first-order valence-electron chi connectivity index (χ1n) is 5.48. The minimum absolute atomic E-state index is 0.0351. The van der Waals surface area contributed by atoms with Crippen molar-refractivity contribution in [3.05, 3.63) is 62.8 Å². The van der Waals surface area contributed by atoms with Gasteiger partial charge < -0.3 is 5.11 Å². The lowest BCUT2D eigenvalue weighted by Gasteiger charge is -2.10. The minimum Gasteiger partial charge on any atom is -0.494 e. The molecule has 6 heteroatoms. The summed E-state index contributed by atoms with van der Waals surface area (Å²) in [6.45, 7) is 3.57. The maximum atomic E-state index is 11.9. The highest BCUT2D eigenvalue weighted by atomic mass is 35.5. The second-order valence-electron chi connectivity index (χ2n) is 3.84. The van der Waals surface area contributed by atoms with Gasteiger partial charge in [0.15, 0.2) is 0 Å². The van der Waals surface area contributed by atoms with E-state index in [0.29, 0.717) is 10.6 Å². The molecule has 0 atom stereocenters. The standard InChI is InChI=1S/C13H11ClN2O3/c1-2-7-16-12(18)10(11(17)15-13(16)19)8-5-3-4-6-9(8)14/h2-6,18H,1,7H2,(H,15,17,19).